The molecule has 0 unspecified atom stereocenters. The molecule has 0 saturated heterocycles. The maximum absolute atomic E-state index is 12.3. The third kappa shape index (κ3) is 3.04. The van der Waals surface area contributed by atoms with Crippen LogP contribution in [0.3, 0.4) is 0 Å². The smallest absolute Gasteiger partial charge is 0.186 e. The summed E-state index contributed by atoms with van der Waals surface area (Å²) in [4.78, 5) is 12.3. The van der Waals surface area contributed by atoms with Gasteiger partial charge in [-0.25, -0.2) is 0 Å². The molecule has 5 heteroatoms. The molecule has 0 aliphatic heterocycles. The number of ketones is 1. The first-order valence-electron chi connectivity index (χ1n) is 6.03. The normalized spacial score (nSPS) is 10.5. The summed E-state index contributed by atoms with van der Waals surface area (Å²) in [5.74, 6) is 0.840. The minimum absolute atomic E-state index is 0.0522. The Morgan fingerprint density at radius 2 is 2.05 bits per heavy atom. The highest BCUT2D eigenvalue weighted by Gasteiger charge is 2.16. The van der Waals surface area contributed by atoms with Gasteiger partial charge in [-0.3, -0.25) is 9.48 Å². The number of rotatable bonds is 5. The first-order chi connectivity index (χ1) is 9.15. The van der Waals surface area contributed by atoms with Gasteiger partial charge in [0.25, 0.3) is 0 Å². The summed E-state index contributed by atoms with van der Waals surface area (Å²) in [7, 11) is 1.62. The Kier molecular flexibility index (Phi) is 4.37. The number of hydrogen-bond donors (Lipinski definition) is 0. The predicted octanol–water partition coefficient (Wildman–Crippen LogP) is 3.10. The minimum atomic E-state index is 0.0522. The van der Waals surface area contributed by atoms with Crippen molar-refractivity contribution in [3.05, 3.63) is 46.2 Å². The van der Waals surface area contributed by atoms with Gasteiger partial charge in [0.05, 0.1) is 17.8 Å². The SMILES string of the molecule is CCn1ncc(Br)c1C(=O)Cc1ccc(OC)cc1. The summed E-state index contributed by atoms with van der Waals surface area (Å²) < 4.78 is 7.54. The predicted molar refractivity (Wildman–Crippen MR) is 76.6 cm³/mol. The largest absolute Gasteiger partial charge is 0.497 e. The third-order valence-corrected chi connectivity index (χ3v) is 3.46. The molecule has 4 nitrogen and oxygen atoms in total. The molecule has 0 spiro atoms. The average molecular weight is 323 g/mol. The van der Waals surface area contributed by atoms with Crippen LogP contribution >= 0.6 is 15.9 Å². The zero-order valence-corrected chi connectivity index (χ0v) is 12.5. The molecule has 100 valence electrons. The fourth-order valence-electron chi connectivity index (χ4n) is 1.89. The molecule has 0 radical (unpaired) electrons. The molecule has 0 fully saturated rings. The van der Waals surface area contributed by atoms with E-state index in [1.165, 1.54) is 0 Å². The summed E-state index contributed by atoms with van der Waals surface area (Å²) in [6.45, 7) is 2.64. The first kappa shape index (κ1) is 13.8. The topological polar surface area (TPSA) is 44.1 Å². The van der Waals surface area contributed by atoms with Crippen molar-refractivity contribution in [2.45, 2.75) is 19.9 Å². The number of aryl methyl sites for hydroxylation is 1. The van der Waals surface area contributed by atoms with Gasteiger partial charge in [0.1, 0.15) is 11.4 Å². The number of methoxy groups -OCH3 is 1. The lowest BCUT2D eigenvalue weighted by atomic mass is 10.1. The zero-order chi connectivity index (χ0) is 13.8. The van der Waals surface area contributed by atoms with E-state index in [2.05, 4.69) is 21.0 Å². The molecule has 1 heterocycles. The van der Waals surface area contributed by atoms with Crippen molar-refractivity contribution >= 4 is 21.7 Å². The van der Waals surface area contributed by atoms with E-state index < -0.39 is 0 Å². The quantitative estimate of drug-likeness (QED) is 0.794. The van der Waals surface area contributed by atoms with Gasteiger partial charge in [-0.2, -0.15) is 5.10 Å². The van der Waals surface area contributed by atoms with Crippen LogP contribution in [-0.4, -0.2) is 22.7 Å². The second kappa shape index (κ2) is 6.02. The number of carbonyl (C=O) groups excluding carboxylic acids is 1. The zero-order valence-electron chi connectivity index (χ0n) is 10.9. The van der Waals surface area contributed by atoms with Gasteiger partial charge < -0.3 is 4.74 Å². The lowest BCUT2D eigenvalue weighted by Gasteiger charge is -2.06. The number of nitrogens with zero attached hydrogens (tertiary/aromatic N) is 2. The maximum Gasteiger partial charge on any atom is 0.186 e. The molecule has 1 aromatic carbocycles. The molecule has 0 aliphatic rings. The number of Topliss-reactive ketones (excluding diaryl/α,β-unsaturated/α-hetero) is 1. The molecular formula is C14H15BrN2O2. The molecular weight excluding hydrogens is 308 g/mol. The van der Waals surface area contributed by atoms with Crippen LogP contribution in [0.25, 0.3) is 0 Å². The average Bonchev–Trinajstić information content (AvgIpc) is 2.80. The molecule has 0 saturated carbocycles. The Morgan fingerprint density at radius 3 is 2.63 bits per heavy atom. The summed E-state index contributed by atoms with van der Waals surface area (Å²) in [5.41, 5.74) is 1.58. The van der Waals surface area contributed by atoms with Gasteiger partial charge in [0, 0.05) is 13.0 Å². The number of ether oxygens (including phenoxy) is 1. The van der Waals surface area contributed by atoms with Crippen LogP contribution in [-0.2, 0) is 13.0 Å². The van der Waals surface area contributed by atoms with Crippen LogP contribution in [0.5, 0.6) is 5.75 Å². The standard InChI is InChI=1S/C14H15BrN2O2/c1-3-17-14(12(15)9-16-17)13(18)8-10-4-6-11(19-2)7-5-10/h4-7,9H,3,8H2,1-2H3. The lowest BCUT2D eigenvalue weighted by Crippen LogP contribution is -2.12. The summed E-state index contributed by atoms with van der Waals surface area (Å²) in [6.07, 6.45) is 2.01. The fourth-order valence-corrected chi connectivity index (χ4v) is 2.41. The Morgan fingerprint density at radius 1 is 1.37 bits per heavy atom. The monoisotopic (exact) mass is 322 g/mol. The summed E-state index contributed by atoms with van der Waals surface area (Å²) in [5, 5.41) is 4.15. The number of benzene rings is 1. The van der Waals surface area contributed by atoms with Crippen molar-refractivity contribution in [3.8, 4) is 5.75 Å². The van der Waals surface area contributed by atoms with Crippen molar-refractivity contribution in [1.82, 2.24) is 9.78 Å². The molecule has 2 aromatic rings. The molecule has 1 aromatic heterocycles. The highest BCUT2D eigenvalue weighted by atomic mass is 79.9. The Labute approximate surface area is 120 Å². The Bertz CT molecular complexity index is 576. The second-order valence-electron chi connectivity index (χ2n) is 4.10. The van der Waals surface area contributed by atoms with E-state index in [4.69, 9.17) is 4.74 Å². The van der Waals surface area contributed by atoms with Gasteiger partial charge in [0.2, 0.25) is 0 Å². The van der Waals surface area contributed by atoms with E-state index >= 15 is 0 Å². The van der Waals surface area contributed by atoms with Gasteiger partial charge in [-0.1, -0.05) is 12.1 Å². The van der Waals surface area contributed by atoms with E-state index in [1.807, 2.05) is 31.2 Å². The molecule has 2 rings (SSSR count). The third-order valence-electron chi connectivity index (χ3n) is 2.88. The lowest BCUT2D eigenvalue weighted by molar-refractivity contribution is 0.0982. The van der Waals surface area contributed by atoms with Crippen molar-refractivity contribution in [2.24, 2.45) is 0 Å². The number of aromatic nitrogens is 2. The molecule has 0 atom stereocenters. The van der Waals surface area contributed by atoms with Crippen molar-refractivity contribution in [3.63, 3.8) is 0 Å². The first-order valence-corrected chi connectivity index (χ1v) is 6.82. The van der Waals surface area contributed by atoms with E-state index in [1.54, 1.807) is 18.0 Å². The number of carbonyl (C=O) groups is 1. The molecule has 0 N–H and O–H groups in total. The summed E-state index contributed by atoms with van der Waals surface area (Å²) >= 11 is 3.37. The van der Waals surface area contributed by atoms with Gasteiger partial charge >= 0.3 is 0 Å². The van der Waals surface area contributed by atoms with Crippen LogP contribution in [0.15, 0.2) is 34.9 Å². The number of hydrogen-bond acceptors (Lipinski definition) is 3. The molecule has 19 heavy (non-hydrogen) atoms. The Balaban J connectivity index is 2.18. The Hall–Kier alpha value is -1.62. The van der Waals surface area contributed by atoms with E-state index in [0.29, 0.717) is 18.7 Å². The van der Waals surface area contributed by atoms with Crippen molar-refractivity contribution < 1.29 is 9.53 Å². The highest BCUT2D eigenvalue weighted by molar-refractivity contribution is 9.10. The van der Waals surface area contributed by atoms with Gasteiger partial charge in [-0.05, 0) is 40.5 Å². The van der Waals surface area contributed by atoms with Crippen LogP contribution in [0.1, 0.15) is 23.0 Å². The summed E-state index contributed by atoms with van der Waals surface area (Å²) in [6, 6.07) is 7.51. The van der Waals surface area contributed by atoms with Crippen LogP contribution < -0.4 is 4.74 Å². The molecule has 0 amide bonds. The maximum atomic E-state index is 12.3. The molecule has 0 bridgehead atoms. The fraction of sp³-hybridized carbons (Fsp3) is 0.286. The van der Waals surface area contributed by atoms with Crippen molar-refractivity contribution in [2.75, 3.05) is 7.11 Å². The van der Waals surface area contributed by atoms with Gasteiger partial charge in [-0.15, -0.1) is 0 Å². The van der Waals surface area contributed by atoms with E-state index in [9.17, 15) is 4.79 Å². The van der Waals surface area contributed by atoms with Crippen LogP contribution in [0.2, 0.25) is 0 Å². The minimum Gasteiger partial charge on any atom is -0.497 e. The number of halogens is 1. The van der Waals surface area contributed by atoms with E-state index in [0.717, 1.165) is 15.8 Å². The van der Waals surface area contributed by atoms with Crippen LogP contribution in [0, 0.1) is 0 Å². The van der Waals surface area contributed by atoms with Crippen LogP contribution in [0.4, 0.5) is 0 Å². The second-order valence-corrected chi connectivity index (χ2v) is 4.96. The molecule has 0 aliphatic carbocycles. The van der Waals surface area contributed by atoms with Gasteiger partial charge in [0.15, 0.2) is 5.78 Å². The highest BCUT2D eigenvalue weighted by Crippen LogP contribution is 2.19. The van der Waals surface area contributed by atoms with Crippen molar-refractivity contribution in [1.29, 1.82) is 0 Å². The van der Waals surface area contributed by atoms with E-state index in [-0.39, 0.29) is 5.78 Å².